The lowest BCUT2D eigenvalue weighted by atomic mass is 9.61. The van der Waals surface area contributed by atoms with Crippen LogP contribution in [0.3, 0.4) is 0 Å². The van der Waals surface area contributed by atoms with Crippen molar-refractivity contribution in [1.29, 1.82) is 0 Å². The van der Waals surface area contributed by atoms with Gasteiger partial charge in [0, 0.05) is 10.8 Å². The third-order valence-corrected chi connectivity index (χ3v) is 4.72. The first kappa shape index (κ1) is 10.1. The van der Waals surface area contributed by atoms with Crippen molar-refractivity contribution in [3.63, 3.8) is 0 Å². The molecule has 0 amide bonds. The van der Waals surface area contributed by atoms with E-state index in [-0.39, 0.29) is 10.8 Å². The summed E-state index contributed by atoms with van der Waals surface area (Å²) in [5.74, 6) is 0. The van der Waals surface area contributed by atoms with E-state index in [2.05, 4.69) is 52.0 Å². The van der Waals surface area contributed by atoms with Gasteiger partial charge in [0.2, 0.25) is 0 Å². The molecule has 0 nitrogen and oxygen atoms in total. The highest BCUT2D eigenvalue weighted by Gasteiger charge is 2.44. The Morgan fingerprint density at radius 2 is 1.19 bits per heavy atom. The fourth-order valence-corrected chi connectivity index (χ4v) is 3.69. The first-order chi connectivity index (χ1) is 7.45. The van der Waals surface area contributed by atoms with E-state index in [9.17, 15) is 0 Å². The topological polar surface area (TPSA) is 0 Å². The van der Waals surface area contributed by atoms with Gasteiger partial charge >= 0.3 is 0 Å². The van der Waals surface area contributed by atoms with Gasteiger partial charge in [-0.1, -0.05) is 63.1 Å². The Kier molecular flexibility index (Phi) is 1.77. The second-order valence-corrected chi connectivity index (χ2v) is 6.25. The summed E-state index contributed by atoms with van der Waals surface area (Å²) in [4.78, 5) is 0. The van der Waals surface area contributed by atoms with E-state index in [1.165, 1.54) is 0 Å². The molecule has 0 N–H and O–H groups in total. The minimum absolute atomic E-state index is 0.222. The Morgan fingerprint density at radius 1 is 0.750 bits per heavy atom. The van der Waals surface area contributed by atoms with Gasteiger partial charge in [0.15, 0.2) is 0 Å². The quantitative estimate of drug-likeness (QED) is 0.552. The summed E-state index contributed by atoms with van der Waals surface area (Å²) >= 11 is 0. The third kappa shape index (κ3) is 1.00. The van der Waals surface area contributed by atoms with Crippen molar-refractivity contribution >= 4 is 0 Å². The minimum Gasteiger partial charge on any atom is -0.0801 e. The lowest BCUT2D eigenvalue weighted by Crippen LogP contribution is -2.30. The standard InChI is InChI=1S/C16H20/c1-15(2)11-7-5-9-13(11)16(3,4)14-10-6-8-12(14)15/h5-8H,9-10H2,1-4H3. The van der Waals surface area contributed by atoms with E-state index in [0.29, 0.717) is 0 Å². The van der Waals surface area contributed by atoms with Crippen LogP contribution in [0, 0.1) is 10.8 Å². The summed E-state index contributed by atoms with van der Waals surface area (Å²) in [6.45, 7) is 9.54. The van der Waals surface area contributed by atoms with Crippen molar-refractivity contribution < 1.29 is 0 Å². The molecule has 84 valence electrons. The third-order valence-electron chi connectivity index (χ3n) is 4.72. The van der Waals surface area contributed by atoms with Crippen molar-refractivity contribution in [1.82, 2.24) is 0 Å². The summed E-state index contributed by atoms with van der Waals surface area (Å²) in [7, 11) is 0. The predicted octanol–water partition coefficient (Wildman–Crippen LogP) is 4.57. The van der Waals surface area contributed by atoms with Gasteiger partial charge in [0.1, 0.15) is 0 Å². The van der Waals surface area contributed by atoms with Gasteiger partial charge in [0.05, 0.1) is 0 Å². The maximum Gasteiger partial charge on any atom is 0.0146 e. The van der Waals surface area contributed by atoms with Crippen LogP contribution in [0.4, 0.5) is 0 Å². The summed E-state index contributed by atoms with van der Waals surface area (Å²) in [5.41, 5.74) is 6.94. The molecule has 0 aromatic rings. The Balaban J connectivity index is 2.26. The van der Waals surface area contributed by atoms with E-state index in [1.807, 2.05) is 0 Å². The molecule has 0 unspecified atom stereocenters. The van der Waals surface area contributed by atoms with Gasteiger partial charge in [-0.2, -0.15) is 0 Å². The molecular weight excluding hydrogens is 192 g/mol. The van der Waals surface area contributed by atoms with Gasteiger partial charge in [-0.25, -0.2) is 0 Å². The Labute approximate surface area is 98.4 Å². The molecule has 0 bridgehead atoms. The predicted molar refractivity (Wildman–Crippen MR) is 69.1 cm³/mol. The second kappa shape index (κ2) is 2.80. The van der Waals surface area contributed by atoms with Crippen LogP contribution in [0.1, 0.15) is 40.5 Å². The number of allylic oxidation sites excluding steroid dienone is 8. The molecule has 3 aliphatic carbocycles. The summed E-state index contributed by atoms with van der Waals surface area (Å²) in [6.07, 6.45) is 11.7. The largest absolute Gasteiger partial charge is 0.0801 e. The van der Waals surface area contributed by atoms with Gasteiger partial charge < -0.3 is 0 Å². The van der Waals surface area contributed by atoms with Gasteiger partial charge in [-0.3, -0.25) is 0 Å². The Morgan fingerprint density at radius 3 is 1.62 bits per heavy atom. The fourth-order valence-electron chi connectivity index (χ4n) is 3.69. The molecule has 3 rings (SSSR count). The summed E-state index contributed by atoms with van der Waals surface area (Å²) < 4.78 is 0. The van der Waals surface area contributed by atoms with Crippen LogP contribution < -0.4 is 0 Å². The monoisotopic (exact) mass is 212 g/mol. The first-order valence-electron chi connectivity index (χ1n) is 6.27. The fraction of sp³-hybridized carbons (Fsp3) is 0.500. The Bertz CT molecular complexity index is 434. The minimum atomic E-state index is 0.222. The number of rotatable bonds is 0. The molecule has 0 aromatic carbocycles. The zero-order valence-electron chi connectivity index (χ0n) is 10.7. The van der Waals surface area contributed by atoms with Crippen LogP contribution in [-0.4, -0.2) is 0 Å². The van der Waals surface area contributed by atoms with Crippen LogP contribution in [0.15, 0.2) is 46.6 Å². The molecule has 0 radical (unpaired) electrons. The van der Waals surface area contributed by atoms with Gasteiger partial charge in [-0.05, 0) is 24.0 Å². The second-order valence-electron chi connectivity index (χ2n) is 6.25. The molecule has 0 aromatic heterocycles. The van der Waals surface area contributed by atoms with E-state index in [0.717, 1.165) is 12.8 Å². The lowest BCUT2D eigenvalue weighted by Gasteiger charge is -2.43. The van der Waals surface area contributed by atoms with Crippen LogP contribution >= 0.6 is 0 Å². The SMILES string of the molecule is CC1(C)C2=C(CC=C2)C(C)(C)C2=C1C=CC2. The van der Waals surface area contributed by atoms with E-state index in [1.54, 1.807) is 22.3 Å². The lowest BCUT2D eigenvalue weighted by molar-refractivity contribution is 0.437. The molecule has 0 heterocycles. The normalized spacial score (nSPS) is 28.8. The van der Waals surface area contributed by atoms with Crippen LogP contribution in [0.25, 0.3) is 0 Å². The van der Waals surface area contributed by atoms with Crippen molar-refractivity contribution in [2.24, 2.45) is 10.8 Å². The molecule has 0 fully saturated rings. The zero-order valence-corrected chi connectivity index (χ0v) is 10.7. The summed E-state index contributed by atoms with van der Waals surface area (Å²) in [5, 5.41) is 0. The highest BCUT2D eigenvalue weighted by Crippen LogP contribution is 2.58. The molecule has 0 atom stereocenters. The van der Waals surface area contributed by atoms with E-state index >= 15 is 0 Å². The molecule has 0 saturated carbocycles. The van der Waals surface area contributed by atoms with E-state index in [4.69, 9.17) is 0 Å². The molecule has 3 aliphatic rings. The maximum atomic E-state index is 2.40. The van der Waals surface area contributed by atoms with Gasteiger partial charge in [-0.15, -0.1) is 0 Å². The molecule has 0 heteroatoms. The average Bonchev–Trinajstić information content (AvgIpc) is 2.86. The van der Waals surface area contributed by atoms with E-state index < -0.39 is 0 Å². The smallest absolute Gasteiger partial charge is 0.0146 e. The van der Waals surface area contributed by atoms with Crippen molar-refractivity contribution in [2.45, 2.75) is 40.5 Å². The molecule has 0 spiro atoms. The van der Waals surface area contributed by atoms with Crippen LogP contribution in [0.5, 0.6) is 0 Å². The number of hydrogen-bond acceptors (Lipinski definition) is 0. The van der Waals surface area contributed by atoms with Crippen molar-refractivity contribution in [3.05, 3.63) is 46.6 Å². The maximum absolute atomic E-state index is 2.40. The first-order valence-corrected chi connectivity index (χ1v) is 6.27. The van der Waals surface area contributed by atoms with Gasteiger partial charge in [0.25, 0.3) is 0 Å². The molecule has 16 heavy (non-hydrogen) atoms. The highest BCUT2D eigenvalue weighted by atomic mass is 14.5. The van der Waals surface area contributed by atoms with Crippen molar-refractivity contribution in [2.75, 3.05) is 0 Å². The highest BCUT2D eigenvalue weighted by molar-refractivity contribution is 5.59. The summed E-state index contributed by atoms with van der Waals surface area (Å²) in [6, 6.07) is 0. The average molecular weight is 212 g/mol. The van der Waals surface area contributed by atoms with Crippen LogP contribution in [0.2, 0.25) is 0 Å². The van der Waals surface area contributed by atoms with Crippen LogP contribution in [-0.2, 0) is 0 Å². The zero-order chi connectivity index (χ0) is 11.6. The number of hydrogen-bond donors (Lipinski definition) is 0. The molecule has 0 aliphatic heterocycles. The Hall–Kier alpha value is -1.04. The molecule has 0 saturated heterocycles. The molecular formula is C16H20. The van der Waals surface area contributed by atoms with Crippen molar-refractivity contribution in [3.8, 4) is 0 Å².